The summed E-state index contributed by atoms with van der Waals surface area (Å²) in [4.78, 5) is 12.0. The van der Waals surface area contributed by atoms with Crippen LogP contribution in [0.5, 0.6) is 17.5 Å². The number of nitrogens with zero attached hydrogens (tertiary/aromatic N) is 2. The molecule has 0 aliphatic carbocycles. The highest BCUT2D eigenvalue weighted by molar-refractivity contribution is 5.76. The van der Waals surface area contributed by atoms with Gasteiger partial charge in [0, 0.05) is 0 Å². The molecule has 0 saturated heterocycles. The molecule has 1 N–H and O–H groups in total. The molecule has 0 bridgehead atoms. The van der Waals surface area contributed by atoms with E-state index in [1.807, 2.05) is 25.1 Å². The van der Waals surface area contributed by atoms with Gasteiger partial charge in [-0.1, -0.05) is 6.07 Å². The summed E-state index contributed by atoms with van der Waals surface area (Å²) in [6.45, 7) is 3.61. The van der Waals surface area contributed by atoms with E-state index in [9.17, 15) is 9.90 Å². The summed E-state index contributed by atoms with van der Waals surface area (Å²) < 4.78 is 16.9. The molecule has 0 saturated carbocycles. The van der Waals surface area contributed by atoms with Gasteiger partial charge in [-0.2, -0.15) is 0 Å². The maximum absolute atomic E-state index is 12.0. The molecule has 0 aliphatic heterocycles. The highest BCUT2D eigenvalue weighted by atomic mass is 16.5. The predicted octanol–water partition coefficient (Wildman–Crippen LogP) is 2.65. The van der Waals surface area contributed by atoms with Crippen LogP contribution in [-0.2, 0) is 16.8 Å². The molecular formula is C18H24N2O5. The number of benzene rings is 1. The third-order valence-corrected chi connectivity index (χ3v) is 4.43. The van der Waals surface area contributed by atoms with Gasteiger partial charge in [0.1, 0.15) is 5.75 Å². The van der Waals surface area contributed by atoms with Crippen molar-refractivity contribution in [1.29, 1.82) is 0 Å². The monoisotopic (exact) mass is 348 g/mol. The second-order valence-electron chi connectivity index (χ2n) is 6.01. The summed E-state index contributed by atoms with van der Waals surface area (Å²) in [5.74, 6) is 0.446. The van der Waals surface area contributed by atoms with Crippen LogP contribution in [0.15, 0.2) is 24.3 Å². The molecule has 1 unspecified atom stereocenters. The first kappa shape index (κ1) is 18.6. The zero-order chi connectivity index (χ0) is 18.6. The van der Waals surface area contributed by atoms with Gasteiger partial charge in [0.25, 0.3) is 0 Å². The number of hydrogen-bond acceptors (Lipinski definition) is 5. The molecule has 0 fully saturated rings. The van der Waals surface area contributed by atoms with E-state index in [1.165, 1.54) is 18.9 Å². The van der Waals surface area contributed by atoms with Crippen molar-refractivity contribution in [3.05, 3.63) is 35.4 Å². The van der Waals surface area contributed by atoms with Gasteiger partial charge in [-0.25, -0.2) is 9.48 Å². The van der Waals surface area contributed by atoms with Crippen LogP contribution in [-0.4, -0.2) is 42.2 Å². The standard InChI is InChI=1S/C18H24N2O5/c1-12-10-14(23-3)7-6-13(12)8-9-18(2,17(21)22)20-16(25-5)11-15(19-20)24-4/h6-7,10-11H,8-9H2,1-5H3,(H,21,22). The van der Waals surface area contributed by atoms with Crippen molar-refractivity contribution in [2.75, 3.05) is 21.3 Å². The lowest BCUT2D eigenvalue weighted by Gasteiger charge is -2.27. The quantitative estimate of drug-likeness (QED) is 0.790. The van der Waals surface area contributed by atoms with Gasteiger partial charge in [-0.3, -0.25) is 0 Å². The van der Waals surface area contributed by atoms with Crippen LogP contribution in [0.25, 0.3) is 0 Å². The average molecular weight is 348 g/mol. The first-order chi connectivity index (χ1) is 11.8. The van der Waals surface area contributed by atoms with Gasteiger partial charge in [0.05, 0.1) is 27.4 Å². The Balaban J connectivity index is 2.32. The Morgan fingerprint density at radius 3 is 2.44 bits per heavy atom. The fourth-order valence-electron chi connectivity index (χ4n) is 2.70. The number of hydrogen-bond donors (Lipinski definition) is 1. The van der Waals surface area contributed by atoms with Gasteiger partial charge in [-0.05, 0) is 49.9 Å². The molecule has 1 aromatic carbocycles. The van der Waals surface area contributed by atoms with Crippen LogP contribution in [0.2, 0.25) is 0 Å². The van der Waals surface area contributed by atoms with E-state index in [-0.39, 0.29) is 0 Å². The van der Waals surface area contributed by atoms with Crippen molar-refractivity contribution < 1.29 is 24.1 Å². The second kappa shape index (κ2) is 7.46. The number of aliphatic carboxylic acids is 1. The number of carboxylic acids is 1. The summed E-state index contributed by atoms with van der Waals surface area (Å²) in [7, 11) is 4.57. The molecule has 7 heteroatoms. The topological polar surface area (TPSA) is 82.8 Å². The Morgan fingerprint density at radius 1 is 1.20 bits per heavy atom. The maximum atomic E-state index is 12.0. The first-order valence-corrected chi connectivity index (χ1v) is 7.91. The van der Waals surface area contributed by atoms with Crippen LogP contribution in [0.1, 0.15) is 24.5 Å². The molecule has 1 atom stereocenters. The molecule has 7 nitrogen and oxygen atoms in total. The van der Waals surface area contributed by atoms with Gasteiger partial charge in [0.15, 0.2) is 5.54 Å². The first-order valence-electron chi connectivity index (χ1n) is 7.91. The Kier molecular flexibility index (Phi) is 5.56. The second-order valence-corrected chi connectivity index (χ2v) is 6.01. The number of aromatic nitrogens is 2. The van der Waals surface area contributed by atoms with E-state index in [2.05, 4.69) is 5.10 Å². The van der Waals surface area contributed by atoms with Crippen molar-refractivity contribution >= 4 is 5.97 Å². The SMILES string of the molecule is COc1ccc(CCC(C)(C(=O)O)n2nc(OC)cc2OC)c(C)c1. The van der Waals surface area contributed by atoms with Gasteiger partial charge >= 0.3 is 5.97 Å². The lowest BCUT2D eigenvalue weighted by atomic mass is 9.92. The molecular weight excluding hydrogens is 324 g/mol. The normalized spacial score (nSPS) is 13.2. The van der Waals surface area contributed by atoms with E-state index in [0.717, 1.165) is 16.9 Å². The minimum Gasteiger partial charge on any atom is -0.497 e. The lowest BCUT2D eigenvalue weighted by Crippen LogP contribution is -2.40. The highest BCUT2D eigenvalue weighted by Crippen LogP contribution is 2.31. The van der Waals surface area contributed by atoms with Crippen LogP contribution in [0, 0.1) is 6.92 Å². The summed E-state index contributed by atoms with van der Waals surface area (Å²) in [6, 6.07) is 7.33. The minimum atomic E-state index is -1.27. The van der Waals surface area contributed by atoms with Crippen molar-refractivity contribution in [3.63, 3.8) is 0 Å². The molecule has 2 rings (SSSR count). The van der Waals surface area contributed by atoms with Crippen molar-refractivity contribution in [1.82, 2.24) is 9.78 Å². The highest BCUT2D eigenvalue weighted by Gasteiger charge is 2.38. The number of rotatable bonds is 8. The molecule has 136 valence electrons. The molecule has 25 heavy (non-hydrogen) atoms. The Hall–Kier alpha value is -2.70. The number of aryl methyl sites for hydroxylation is 2. The maximum Gasteiger partial charge on any atom is 0.331 e. The van der Waals surface area contributed by atoms with E-state index < -0.39 is 11.5 Å². The fraction of sp³-hybridized carbons (Fsp3) is 0.444. The van der Waals surface area contributed by atoms with Crippen LogP contribution in [0.4, 0.5) is 0 Å². The zero-order valence-electron chi connectivity index (χ0n) is 15.2. The summed E-state index contributed by atoms with van der Waals surface area (Å²) >= 11 is 0. The number of methoxy groups -OCH3 is 3. The average Bonchev–Trinajstić information content (AvgIpc) is 3.04. The molecule has 0 amide bonds. The number of carboxylic acid groups (broad SMARTS) is 1. The van der Waals surface area contributed by atoms with Crippen LogP contribution < -0.4 is 14.2 Å². The lowest BCUT2D eigenvalue weighted by molar-refractivity contribution is -0.147. The van der Waals surface area contributed by atoms with Crippen molar-refractivity contribution in [2.45, 2.75) is 32.2 Å². The largest absolute Gasteiger partial charge is 0.497 e. The van der Waals surface area contributed by atoms with E-state index in [4.69, 9.17) is 14.2 Å². The fourth-order valence-corrected chi connectivity index (χ4v) is 2.70. The Labute approximate surface area is 147 Å². The van der Waals surface area contributed by atoms with E-state index >= 15 is 0 Å². The van der Waals surface area contributed by atoms with Crippen molar-refractivity contribution in [2.24, 2.45) is 0 Å². The smallest absolute Gasteiger partial charge is 0.331 e. The van der Waals surface area contributed by atoms with E-state index in [1.54, 1.807) is 20.1 Å². The minimum absolute atomic E-state index is 0.310. The molecule has 1 aromatic heterocycles. The van der Waals surface area contributed by atoms with Gasteiger partial charge in [-0.15, -0.1) is 5.10 Å². The Morgan fingerprint density at radius 2 is 1.92 bits per heavy atom. The molecule has 2 aromatic rings. The van der Waals surface area contributed by atoms with Gasteiger partial charge in [0.2, 0.25) is 11.8 Å². The molecule has 1 heterocycles. The van der Waals surface area contributed by atoms with Gasteiger partial charge < -0.3 is 19.3 Å². The Bertz CT molecular complexity index is 756. The van der Waals surface area contributed by atoms with E-state index in [0.29, 0.717) is 24.6 Å². The van der Waals surface area contributed by atoms with Crippen LogP contribution >= 0.6 is 0 Å². The molecule has 0 aliphatic rings. The molecule has 0 radical (unpaired) electrons. The summed E-state index contributed by atoms with van der Waals surface area (Å²) in [5, 5.41) is 14.1. The van der Waals surface area contributed by atoms with Crippen LogP contribution in [0.3, 0.4) is 0 Å². The molecule has 0 spiro atoms. The third kappa shape index (κ3) is 3.70. The number of carbonyl (C=O) groups is 1. The van der Waals surface area contributed by atoms with Crippen molar-refractivity contribution in [3.8, 4) is 17.5 Å². The zero-order valence-corrected chi connectivity index (χ0v) is 15.2. The summed E-state index contributed by atoms with van der Waals surface area (Å²) in [6.07, 6.45) is 0.917. The predicted molar refractivity (Wildman–Crippen MR) is 92.7 cm³/mol. The third-order valence-electron chi connectivity index (χ3n) is 4.43. The number of ether oxygens (including phenoxy) is 3. The summed E-state index contributed by atoms with van der Waals surface area (Å²) in [5.41, 5.74) is 0.845.